The lowest BCUT2D eigenvalue weighted by atomic mass is 10.1. The minimum atomic E-state index is -0.554. The number of carbonyl (C=O) groups excluding carboxylic acids is 2. The largest absolute Gasteiger partial charge is 0.484 e. The molecule has 2 amide bonds. The van der Waals surface area contributed by atoms with E-state index in [2.05, 4.69) is 11.9 Å². The van der Waals surface area contributed by atoms with Crippen molar-refractivity contribution in [3.05, 3.63) is 61.2 Å². The van der Waals surface area contributed by atoms with Gasteiger partial charge in [0.15, 0.2) is 12.7 Å². The highest BCUT2D eigenvalue weighted by molar-refractivity contribution is 6.01. The van der Waals surface area contributed by atoms with Gasteiger partial charge in [0.2, 0.25) is 0 Å². The molecule has 1 N–H and O–H groups in total. The van der Waals surface area contributed by atoms with Crippen molar-refractivity contribution < 1.29 is 19.1 Å². The first-order chi connectivity index (χ1) is 12.6. The number of ether oxygens (including phenoxy) is 2. The van der Waals surface area contributed by atoms with Gasteiger partial charge < -0.3 is 19.7 Å². The average molecular weight is 352 g/mol. The fraction of sp³-hybridized carbons (Fsp3) is 0.200. The summed E-state index contributed by atoms with van der Waals surface area (Å²) >= 11 is 0. The molecular formula is C20H20N2O4. The van der Waals surface area contributed by atoms with Gasteiger partial charge in [0, 0.05) is 12.2 Å². The number of benzene rings is 2. The number of anilines is 2. The fourth-order valence-corrected chi connectivity index (χ4v) is 2.66. The summed E-state index contributed by atoms with van der Waals surface area (Å²) in [7, 11) is 0. The molecule has 0 aliphatic carbocycles. The molecule has 1 aliphatic heterocycles. The van der Waals surface area contributed by atoms with Crippen LogP contribution in [0.15, 0.2) is 61.2 Å². The Morgan fingerprint density at radius 3 is 2.81 bits per heavy atom. The Morgan fingerprint density at radius 1 is 1.31 bits per heavy atom. The van der Waals surface area contributed by atoms with Crippen LogP contribution in [0.5, 0.6) is 11.5 Å². The molecule has 0 fully saturated rings. The molecule has 0 aromatic heterocycles. The second kappa shape index (κ2) is 7.74. The summed E-state index contributed by atoms with van der Waals surface area (Å²) in [5.74, 6) is 0.782. The van der Waals surface area contributed by atoms with Gasteiger partial charge in [-0.2, -0.15) is 0 Å². The number of fused-ring (bicyclic) bond motifs is 1. The van der Waals surface area contributed by atoms with Crippen molar-refractivity contribution in [2.24, 2.45) is 0 Å². The van der Waals surface area contributed by atoms with E-state index in [0.717, 1.165) is 0 Å². The Hall–Kier alpha value is -3.28. The number of nitrogens with zero attached hydrogens (tertiary/aromatic N) is 1. The molecule has 1 aliphatic rings. The Kier molecular flexibility index (Phi) is 5.22. The molecule has 1 unspecified atom stereocenters. The van der Waals surface area contributed by atoms with Crippen LogP contribution >= 0.6 is 0 Å². The molecule has 3 rings (SSSR count). The number of para-hydroxylation sites is 1. The van der Waals surface area contributed by atoms with Gasteiger partial charge in [-0.15, -0.1) is 6.58 Å². The summed E-state index contributed by atoms with van der Waals surface area (Å²) in [6.45, 7) is 5.66. The quantitative estimate of drug-likeness (QED) is 0.812. The van der Waals surface area contributed by atoms with Crippen LogP contribution < -0.4 is 19.7 Å². The van der Waals surface area contributed by atoms with E-state index in [0.29, 0.717) is 29.4 Å². The van der Waals surface area contributed by atoms with E-state index >= 15 is 0 Å². The van der Waals surface area contributed by atoms with Crippen molar-refractivity contribution in [1.82, 2.24) is 0 Å². The predicted octanol–water partition coefficient (Wildman–Crippen LogP) is 3.00. The van der Waals surface area contributed by atoms with Crippen molar-refractivity contribution in [2.45, 2.75) is 13.0 Å². The maximum absolute atomic E-state index is 12.3. The first-order valence-electron chi connectivity index (χ1n) is 8.29. The summed E-state index contributed by atoms with van der Waals surface area (Å²) in [6, 6.07) is 14.3. The number of hydrogen-bond acceptors (Lipinski definition) is 4. The van der Waals surface area contributed by atoms with Gasteiger partial charge in [-0.05, 0) is 37.3 Å². The predicted molar refractivity (Wildman–Crippen MR) is 99.6 cm³/mol. The van der Waals surface area contributed by atoms with Gasteiger partial charge in [-0.25, -0.2) is 0 Å². The highest BCUT2D eigenvalue weighted by Gasteiger charge is 2.30. The van der Waals surface area contributed by atoms with E-state index in [4.69, 9.17) is 9.47 Å². The molecule has 1 atom stereocenters. The van der Waals surface area contributed by atoms with Gasteiger partial charge in [0.1, 0.15) is 11.5 Å². The van der Waals surface area contributed by atoms with E-state index in [9.17, 15) is 9.59 Å². The molecule has 2 aromatic carbocycles. The summed E-state index contributed by atoms with van der Waals surface area (Å²) in [5, 5.41) is 2.77. The van der Waals surface area contributed by atoms with Crippen molar-refractivity contribution in [3.8, 4) is 11.5 Å². The first-order valence-corrected chi connectivity index (χ1v) is 8.29. The third kappa shape index (κ3) is 3.85. The van der Waals surface area contributed by atoms with Gasteiger partial charge in [0.05, 0.1) is 5.69 Å². The van der Waals surface area contributed by atoms with Crippen LogP contribution in [0.4, 0.5) is 11.4 Å². The molecule has 134 valence electrons. The zero-order valence-corrected chi connectivity index (χ0v) is 14.5. The highest BCUT2D eigenvalue weighted by Crippen LogP contribution is 2.36. The standard InChI is InChI=1S/C20H20N2O4/c1-3-11-22-17-12-15(9-10-18(17)26-14(2)20(22)24)21-19(23)13-25-16-7-5-4-6-8-16/h3-10,12,14H,1,11,13H2,2H3,(H,21,23). The van der Waals surface area contributed by atoms with Gasteiger partial charge in [0.25, 0.3) is 11.8 Å². The van der Waals surface area contributed by atoms with Crippen LogP contribution in [-0.4, -0.2) is 31.1 Å². The SMILES string of the molecule is C=CCN1C(=O)C(C)Oc2ccc(NC(=O)COc3ccccc3)cc21. The van der Waals surface area contributed by atoms with E-state index in [1.807, 2.05) is 18.2 Å². The van der Waals surface area contributed by atoms with E-state index in [1.54, 1.807) is 48.2 Å². The lowest BCUT2D eigenvalue weighted by molar-refractivity contribution is -0.125. The highest BCUT2D eigenvalue weighted by atomic mass is 16.5. The topological polar surface area (TPSA) is 67.9 Å². The summed E-state index contributed by atoms with van der Waals surface area (Å²) < 4.78 is 11.1. The number of carbonyl (C=O) groups is 2. The van der Waals surface area contributed by atoms with Gasteiger partial charge >= 0.3 is 0 Å². The molecule has 0 saturated heterocycles. The summed E-state index contributed by atoms with van der Waals surface area (Å²) in [4.78, 5) is 26.0. The third-order valence-corrected chi connectivity index (χ3v) is 3.88. The van der Waals surface area contributed by atoms with Crippen LogP contribution in [0.25, 0.3) is 0 Å². The average Bonchev–Trinajstić information content (AvgIpc) is 2.65. The van der Waals surface area contributed by atoms with Crippen molar-refractivity contribution in [1.29, 1.82) is 0 Å². The molecule has 26 heavy (non-hydrogen) atoms. The van der Waals surface area contributed by atoms with Crippen LogP contribution in [-0.2, 0) is 9.59 Å². The molecule has 0 spiro atoms. The zero-order valence-electron chi connectivity index (χ0n) is 14.5. The third-order valence-electron chi connectivity index (χ3n) is 3.88. The normalized spacial score (nSPS) is 15.7. The van der Waals surface area contributed by atoms with Crippen LogP contribution in [0, 0.1) is 0 Å². The number of amides is 2. The Labute approximate surface area is 152 Å². The van der Waals surface area contributed by atoms with E-state index < -0.39 is 6.10 Å². The smallest absolute Gasteiger partial charge is 0.268 e. The second-order valence-corrected chi connectivity index (χ2v) is 5.83. The van der Waals surface area contributed by atoms with E-state index in [1.165, 1.54) is 0 Å². The zero-order chi connectivity index (χ0) is 18.5. The molecule has 1 heterocycles. The lowest BCUT2D eigenvalue weighted by Crippen LogP contribution is -2.44. The molecule has 6 heteroatoms. The second-order valence-electron chi connectivity index (χ2n) is 5.83. The van der Waals surface area contributed by atoms with E-state index in [-0.39, 0.29) is 18.4 Å². The molecule has 2 aromatic rings. The Morgan fingerprint density at radius 2 is 2.08 bits per heavy atom. The number of nitrogens with one attached hydrogen (secondary N) is 1. The van der Waals surface area contributed by atoms with Crippen LogP contribution in [0.3, 0.4) is 0 Å². The monoisotopic (exact) mass is 352 g/mol. The summed E-state index contributed by atoms with van der Waals surface area (Å²) in [6.07, 6.45) is 1.10. The minimum absolute atomic E-state index is 0.107. The molecule has 0 saturated carbocycles. The molecular weight excluding hydrogens is 332 g/mol. The maximum Gasteiger partial charge on any atom is 0.268 e. The van der Waals surface area contributed by atoms with Crippen LogP contribution in [0.2, 0.25) is 0 Å². The number of hydrogen-bond donors (Lipinski definition) is 1. The van der Waals surface area contributed by atoms with Crippen molar-refractivity contribution >= 4 is 23.2 Å². The lowest BCUT2D eigenvalue weighted by Gasteiger charge is -2.32. The minimum Gasteiger partial charge on any atom is -0.484 e. The Bertz CT molecular complexity index is 820. The molecule has 0 bridgehead atoms. The molecule has 0 radical (unpaired) electrons. The Balaban J connectivity index is 1.70. The van der Waals surface area contributed by atoms with Crippen molar-refractivity contribution in [2.75, 3.05) is 23.4 Å². The van der Waals surface area contributed by atoms with Gasteiger partial charge in [-0.3, -0.25) is 9.59 Å². The summed E-state index contributed by atoms with van der Waals surface area (Å²) in [5.41, 5.74) is 1.17. The number of rotatable bonds is 6. The fourth-order valence-electron chi connectivity index (χ4n) is 2.66. The van der Waals surface area contributed by atoms with Crippen LogP contribution in [0.1, 0.15) is 6.92 Å². The first kappa shape index (κ1) is 17.5. The molecule has 6 nitrogen and oxygen atoms in total. The van der Waals surface area contributed by atoms with Crippen molar-refractivity contribution in [3.63, 3.8) is 0 Å². The maximum atomic E-state index is 12.3. The van der Waals surface area contributed by atoms with Gasteiger partial charge in [-0.1, -0.05) is 24.3 Å².